The summed E-state index contributed by atoms with van der Waals surface area (Å²) < 4.78 is 11.0. The third-order valence-electron chi connectivity index (χ3n) is 3.24. The Morgan fingerprint density at radius 3 is 2.30 bits per heavy atom. The van der Waals surface area contributed by atoms with E-state index >= 15 is 0 Å². The van der Waals surface area contributed by atoms with Gasteiger partial charge in [0.05, 0.1) is 13.2 Å². The van der Waals surface area contributed by atoms with Crippen molar-refractivity contribution in [1.29, 1.82) is 0 Å². The second kappa shape index (κ2) is 7.62. The van der Waals surface area contributed by atoms with E-state index < -0.39 is 18.1 Å². The molecule has 2 rings (SSSR count). The van der Waals surface area contributed by atoms with E-state index in [9.17, 15) is 9.90 Å². The zero-order valence-corrected chi connectivity index (χ0v) is 13.0. The van der Waals surface area contributed by atoms with Crippen LogP contribution in [0.25, 0.3) is 0 Å². The molecule has 2 atom stereocenters. The normalized spacial score (nSPS) is 13.0. The first-order chi connectivity index (χ1) is 11.0. The molecule has 0 heterocycles. The molecule has 0 aromatic heterocycles. The van der Waals surface area contributed by atoms with Crippen molar-refractivity contribution in [1.82, 2.24) is 0 Å². The van der Waals surface area contributed by atoms with Gasteiger partial charge >= 0.3 is 0 Å². The van der Waals surface area contributed by atoms with Crippen LogP contribution in [0, 0.1) is 0 Å². The van der Waals surface area contributed by atoms with Crippen LogP contribution in [0.5, 0.6) is 17.2 Å². The first-order valence-electron chi connectivity index (χ1n) is 7.16. The molecule has 0 spiro atoms. The van der Waals surface area contributed by atoms with Crippen molar-refractivity contribution >= 4 is 11.6 Å². The SMILES string of the molecule is COc1ccccc1Oc1ccc(NC(=O)[C@@H](N)[C@@H](C)O)cc1. The molecule has 0 radical (unpaired) electrons. The molecule has 0 fully saturated rings. The van der Waals surface area contributed by atoms with Gasteiger partial charge in [0, 0.05) is 5.69 Å². The van der Waals surface area contributed by atoms with Crippen LogP contribution in [-0.4, -0.2) is 30.3 Å². The zero-order chi connectivity index (χ0) is 16.8. The number of aliphatic hydroxyl groups excluding tert-OH is 1. The minimum atomic E-state index is -0.973. The fraction of sp³-hybridized carbons (Fsp3) is 0.235. The average Bonchev–Trinajstić information content (AvgIpc) is 2.56. The smallest absolute Gasteiger partial charge is 0.243 e. The van der Waals surface area contributed by atoms with Crippen molar-refractivity contribution in [3.8, 4) is 17.2 Å². The molecule has 0 saturated heterocycles. The first-order valence-corrected chi connectivity index (χ1v) is 7.16. The Labute approximate surface area is 134 Å². The predicted octanol–water partition coefficient (Wildman–Crippen LogP) is 2.13. The van der Waals surface area contributed by atoms with Crippen molar-refractivity contribution in [2.24, 2.45) is 5.73 Å². The molecule has 0 bridgehead atoms. The van der Waals surface area contributed by atoms with Crippen molar-refractivity contribution in [2.45, 2.75) is 19.1 Å². The van der Waals surface area contributed by atoms with Gasteiger partial charge in [-0.25, -0.2) is 0 Å². The molecule has 0 aliphatic heterocycles. The molecule has 6 nitrogen and oxygen atoms in total. The lowest BCUT2D eigenvalue weighted by molar-refractivity contribution is -0.119. The number of ether oxygens (including phenoxy) is 2. The van der Waals surface area contributed by atoms with Gasteiger partial charge in [0.25, 0.3) is 0 Å². The van der Waals surface area contributed by atoms with E-state index in [0.29, 0.717) is 22.9 Å². The summed E-state index contributed by atoms with van der Waals surface area (Å²) in [4.78, 5) is 11.8. The van der Waals surface area contributed by atoms with Crippen LogP contribution in [0.4, 0.5) is 5.69 Å². The Kier molecular flexibility index (Phi) is 5.56. The van der Waals surface area contributed by atoms with E-state index in [-0.39, 0.29) is 0 Å². The monoisotopic (exact) mass is 316 g/mol. The number of aliphatic hydroxyl groups is 1. The zero-order valence-electron chi connectivity index (χ0n) is 13.0. The maximum atomic E-state index is 11.8. The van der Waals surface area contributed by atoms with E-state index in [1.807, 2.05) is 12.1 Å². The number of benzene rings is 2. The largest absolute Gasteiger partial charge is 0.493 e. The summed E-state index contributed by atoms with van der Waals surface area (Å²) in [6, 6.07) is 13.2. The van der Waals surface area contributed by atoms with E-state index in [4.69, 9.17) is 15.2 Å². The molecule has 0 unspecified atom stereocenters. The topological polar surface area (TPSA) is 93.8 Å². The Balaban J connectivity index is 2.04. The highest BCUT2D eigenvalue weighted by atomic mass is 16.5. The van der Waals surface area contributed by atoms with Crippen LogP contribution in [0.3, 0.4) is 0 Å². The Morgan fingerprint density at radius 2 is 1.74 bits per heavy atom. The van der Waals surface area contributed by atoms with Crippen LogP contribution in [0.1, 0.15) is 6.92 Å². The molecule has 6 heteroatoms. The lowest BCUT2D eigenvalue weighted by atomic mass is 10.2. The molecular weight excluding hydrogens is 296 g/mol. The van der Waals surface area contributed by atoms with Gasteiger partial charge < -0.3 is 25.6 Å². The summed E-state index contributed by atoms with van der Waals surface area (Å²) in [5.41, 5.74) is 6.14. The molecular formula is C17H20N2O4. The minimum absolute atomic E-state index is 0.446. The van der Waals surface area contributed by atoms with Gasteiger partial charge in [0.15, 0.2) is 11.5 Å². The number of para-hydroxylation sites is 2. The number of methoxy groups -OCH3 is 1. The van der Waals surface area contributed by atoms with E-state index in [1.54, 1.807) is 43.5 Å². The lowest BCUT2D eigenvalue weighted by Crippen LogP contribution is -2.43. The highest BCUT2D eigenvalue weighted by molar-refractivity contribution is 5.95. The third-order valence-corrected chi connectivity index (χ3v) is 3.24. The van der Waals surface area contributed by atoms with Crippen LogP contribution in [0.15, 0.2) is 48.5 Å². The molecule has 4 N–H and O–H groups in total. The van der Waals surface area contributed by atoms with Gasteiger partial charge in [-0.15, -0.1) is 0 Å². The van der Waals surface area contributed by atoms with Gasteiger partial charge in [-0.1, -0.05) is 12.1 Å². The highest BCUT2D eigenvalue weighted by Crippen LogP contribution is 2.31. The molecule has 0 aliphatic rings. The van der Waals surface area contributed by atoms with Gasteiger partial charge in [0.1, 0.15) is 11.8 Å². The molecule has 23 heavy (non-hydrogen) atoms. The quantitative estimate of drug-likeness (QED) is 0.759. The molecule has 122 valence electrons. The third kappa shape index (κ3) is 4.45. The van der Waals surface area contributed by atoms with Crippen LogP contribution in [-0.2, 0) is 4.79 Å². The number of hydrogen-bond donors (Lipinski definition) is 3. The number of amides is 1. The number of hydrogen-bond acceptors (Lipinski definition) is 5. The number of rotatable bonds is 6. The Bertz CT molecular complexity index is 656. The second-order valence-electron chi connectivity index (χ2n) is 5.03. The summed E-state index contributed by atoms with van der Waals surface area (Å²) in [5, 5.41) is 11.9. The summed E-state index contributed by atoms with van der Waals surface area (Å²) in [7, 11) is 1.58. The second-order valence-corrected chi connectivity index (χ2v) is 5.03. The number of carbonyl (C=O) groups is 1. The van der Waals surface area contributed by atoms with Crippen LogP contribution in [0.2, 0.25) is 0 Å². The molecule has 1 amide bonds. The van der Waals surface area contributed by atoms with E-state index in [2.05, 4.69) is 5.32 Å². The molecule has 0 saturated carbocycles. The molecule has 0 aliphatic carbocycles. The van der Waals surface area contributed by atoms with Gasteiger partial charge in [0.2, 0.25) is 5.91 Å². The number of anilines is 1. The lowest BCUT2D eigenvalue weighted by Gasteiger charge is -2.15. The number of nitrogens with one attached hydrogen (secondary N) is 1. The number of nitrogens with two attached hydrogens (primary N) is 1. The molecule has 2 aromatic rings. The van der Waals surface area contributed by atoms with E-state index in [0.717, 1.165) is 0 Å². The van der Waals surface area contributed by atoms with Crippen molar-refractivity contribution < 1.29 is 19.4 Å². The maximum absolute atomic E-state index is 11.8. The average molecular weight is 316 g/mol. The fourth-order valence-electron chi connectivity index (χ4n) is 1.88. The van der Waals surface area contributed by atoms with Crippen molar-refractivity contribution in [3.63, 3.8) is 0 Å². The summed E-state index contributed by atoms with van der Waals surface area (Å²) in [5.74, 6) is 1.39. The first kappa shape index (κ1) is 16.8. The van der Waals surface area contributed by atoms with Crippen LogP contribution >= 0.6 is 0 Å². The number of carbonyl (C=O) groups excluding carboxylic acids is 1. The van der Waals surface area contributed by atoms with Crippen molar-refractivity contribution in [3.05, 3.63) is 48.5 Å². The van der Waals surface area contributed by atoms with Gasteiger partial charge in [-0.05, 0) is 43.3 Å². The van der Waals surface area contributed by atoms with Gasteiger partial charge in [-0.3, -0.25) is 4.79 Å². The standard InChI is InChI=1S/C17H20N2O4/c1-11(20)16(18)17(21)19-12-7-9-13(10-8-12)23-15-6-4-3-5-14(15)22-2/h3-11,16,20H,18H2,1-2H3,(H,19,21)/t11-,16+/m1/s1. The van der Waals surface area contributed by atoms with Gasteiger partial charge in [-0.2, -0.15) is 0 Å². The van der Waals surface area contributed by atoms with Crippen LogP contribution < -0.4 is 20.5 Å². The fourth-order valence-corrected chi connectivity index (χ4v) is 1.88. The minimum Gasteiger partial charge on any atom is -0.493 e. The molecule has 2 aromatic carbocycles. The maximum Gasteiger partial charge on any atom is 0.243 e. The summed E-state index contributed by atoms with van der Waals surface area (Å²) in [6.45, 7) is 1.47. The van der Waals surface area contributed by atoms with Crippen molar-refractivity contribution in [2.75, 3.05) is 12.4 Å². The predicted molar refractivity (Wildman–Crippen MR) is 87.8 cm³/mol. The van der Waals surface area contributed by atoms with E-state index in [1.165, 1.54) is 6.92 Å². The highest BCUT2D eigenvalue weighted by Gasteiger charge is 2.18. The Hall–Kier alpha value is -2.57. The summed E-state index contributed by atoms with van der Waals surface area (Å²) in [6.07, 6.45) is -0.914. The summed E-state index contributed by atoms with van der Waals surface area (Å²) >= 11 is 0. The Morgan fingerprint density at radius 1 is 1.13 bits per heavy atom.